The molecule has 0 aliphatic rings. The van der Waals surface area contributed by atoms with Crippen LogP contribution in [0.25, 0.3) is 0 Å². The maximum absolute atomic E-state index is 8.77. The van der Waals surface area contributed by atoms with Crippen LogP contribution in [0.15, 0.2) is 18.6 Å². The summed E-state index contributed by atoms with van der Waals surface area (Å²) in [6.45, 7) is 4.20. The Labute approximate surface area is 99.7 Å². The zero-order valence-corrected chi connectivity index (χ0v) is 9.85. The van der Waals surface area contributed by atoms with Gasteiger partial charge in [-0.3, -0.25) is 9.78 Å². The second-order valence-corrected chi connectivity index (χ2v) is 3.96. The lowest BCUT2D eigenvalue weighted by atomic mass is 10.2. The van der Waals surface area contributed by atoms with Crippen LogP contribution in [0.3, 0.4) is 0 Å². The molecule has 2 heterocycles. The van der Waals surface area contributed by atoms with Crippen LogP contribution in [0.1, 0.15) is 16.8 Å². The van der Waals surface area contributed by atoms with E-state index in [-0.39, 0.29) is 6.61 Å². The lowest BCUT2D eigenvalue weighted by Crippen LogP contribution is -2.12. The largest absolute Gasteiger partial charge is 0.394 e. The molecule has 0 saturated carbocycles. The fourth-order valence-electron chi connectivity index (χ4n) is 1.62. The van der Waals surface area contributed by atoms with Crippen LogP contribution in [-0.4, -0.2) is 31.7 Å². The minimum atomic E-state index is 0.114. The molecule has 6 heteroatoms. The number of hydrogen-bond acceptors (Lipinski definition) is 4. The fraction of sp³-hybridized carbons (Fsp3) is 0.455. The summed E-state index contributed by atoms with van der Waals surface area (Å²) in [6, 6.07) is 0. The van der Waals surface area contributed by atoms with Gasteiger partial charge in [0.25, 0.3) is 0 Å². The van der Waals surface area contributed by atoms with Crippen molar-refractivity contribution in [2.24, 2.45) is 0 Å². The Balaban J connectivity index is 1.80. The molecule has 0 bridgehead atoms. The third-order valence-electron chi connectivity index (χ3n) is 2.59. The molecule has 0 radical (unpaired) electrons. The molecule has 92 valence electrons. The van der Waals surface area contributed by atoms with E-state index in [1.165, 1.54) is 5.56 Å². The van der Waals surface area contributed by atoms with Gasteiger partial charge in [0.15, 0.2) is 0 Å². The van der Waals surface area contributed by atoms with Gasteiger partial charge in [-0.2, -0.15) is 10.2 Å². The van der Waals surface area contributed by atoms with Crippen LogP contribution in [0.2, 0.25) is 0 Å². The second-order valence-electron chi connectivity index (χ2n) is 3.96. The number of aromatic amines is 1. The van der Waals surface area contributed by atoms with Gasteiger partial charge in [-0.05, 0) is 6.92 Å². The topological polar surface area (TPSA) is 78.8 Å². The fourth-order valence-corrected chi connectivity index (χ4v) is 1.62. The molecule has 2 rings (SSSR count). The van der Waals surface area contributed by atoms with Crippen molar-refractivity contribution in [3.05, 3.63) is 35.4 Å². The van der Waals surface area contributed by atoms with Crippen LogP contribution < -0.4 is 5.32 Å². The lowest BCUT2D eigenvalue weighted by Gasteiger charge is -2.01. The molecule has 17 heavy (non-hydrogen) atoms. The summed E-state index contributed by atoms with van der Waals surface area (Å²) >= 11 is 0. The highest BCUT2D eigenvalue weighted by molar-refractivity contribution is 5.14. The van der Waals surface area contributed by atoms with Gasteiger partial charge in [0.1, 0.15) is 0 Å². The number of rotatable bonds is 6. The molecule has 0 fully saturated rings. The highest BCUT2D eigenvalue weighted by Crippen LogP contribution is 2.03. The number of nitrogens with zero attached hydrogens (tertiary/aromatic N) is 3. The van der Waals surface area contributed by atoms with E-state index in [1.54, 1.807) is 4.68 Å². The van der Waals surface area contributed by atoms with Crippen molar-refractivity contribution in [1.29, 1.82) is 0 Å². The molecule has 0 saturated heterocycles. The van der Waals surface area contributed by atoms with Gasteiger partial charge in [0.05, 0.1) is 25.5 Å². The summed E-state index contributed by atoms with van der Waals surface area (Å²) < 4.78 is 1.74. The zero-order valence-electron chi connectivity index (χ0n) is 9.85. The van der Waals surface area contributed by atoms with Crippen LogP contribution >= 0.6 is 0 Å². The van der Waals surface area contributed by atoms with Crippen molar-refractivity contribution >= 4 is 0 Å². The van der Waals surface area contributed by atoms with Crippen molar-refractivity contribution in [2.45, 2.75) is 26.6 Å². The molecule has 6 nitrogen and oxygen atoms in total. The molecule has 0 atom stereocenters. The van der Waals surface area contributed by atoms with Gasteiger partial charge in [0, 0.05) is 36.1 Å². The number of aliphatic hydroxyl groups excluding tert-OH is 1. The number of hydrogen-bond donors (Lipinski definition) is 3. The standard InChI is InChI=1S/C11H17N5O/c1-9-11(7-13-15-9)6-12-4-10-5-14-16(8-10)2-3-17/h5,7-8,12,17H,2-4,6H2,1H3,(H,13,15). The first kappa shape index (κ1) is 11.8. The molecule has 0 aromatic carbocycles. The maximum Gasteiger partial charge on any atom is 0.0640 e. The van der Waals surface area contributed by atoms with Crippen molar-refractivity contribution in [2.75, 3.05) is 6.61 Å². The van der Waals surface area contributed by atoms with Gasteiger partial charge in [-0.15, -0.1) is 0 Å². The van der Waals surface area contributed by atoms with Crippen molar-refractivity contribution in [1.82, 2.24) is 25.3 Å². The molecule has 0 spiro atoms. The van der Waals surface area contributed by atoms with Crippen LogP contribution in [0.5, 0.6) is 0 Å². The van der Waals surface area contributed by atoms with Gasteiger partial charge in [0.2, 0.25) is 0 Å². The van der Waals surface area contributed by atoms with Crippen LogP contribution in [0.4, 0.5) is 0 Å². The summed E-state index contributed by atoms with van der Waals surface area (Å²) in [4.78, 5) is 0. The predicted octanol–water partition coefficient (Wildman–Crippen LogP) is 0.197. The van der Waals surface area contributed by atoms with E-state index >= 15 is 0 Å². The molecular formula is C11H17N5O. The molecule has 0 aliphatic carbocycles. The zero-order chi connectivity index (χ0) is 12.1. The van der Waals surface area contributed by atoms with Gasteiger partial charge < -0.3 is 10.4 Å². The van der Waals surface area contributed by atoms with E-state index < -0.39 is 0 Å². The van der Waals surface area contributed by atoms with E-state index in [2.05, 4.69) is 20.6 Å². The quantitative estimate of drug-likeness (QED) is 0.668. The van der Waals surface area contributed by atoms with Crippen LogP contribution in [0, 0.1) is 6.92 Å². The molecule has 0 amide bonds. The summed E-state index contributed by atoms with van der Waals surface area (Å²) in [6.07, 6.45) is 5.58. The highest BCUT2D eigenvalue weighted by atomic mass is 16.3. The first-order valence-corrected chi connectivity index (χ1v) is 5.61. The van der Waals surface area contributed by atoms with Crippen LogP contribution in [-0.2, 0) is 19.6 Å². The van der Waals surface area contributed by atoms with E-state index in [1.807, 2.05) is 25.5 Å². The first-order valence-electron chi connectivity index (χ1n) is 5.61. The monoisotopic (exact) mass is 235 g/mol. The van der Waals surface area contributed by atoms with Crippen molar-refractivity contribution in [3.8, 4) is 0 Å². The first-order chi connectivity index (χ1) is 8.29. The molecule has 2 aromatic rings. The van der Waals surface area contributed by atoms with Gasteiger partial charge in [-0.1, -0.05) is 0 Å². The van der Waals surface area contributed by atoms with Crippen molar-refractivity contribution < 1.29 is 5.11 Å². The Morgan fingerprint density at radius 3 is 3.00 bits per heavy atom. The molecular weight excluding hydrogens is 218 g/mol. The minimum absolute atomic E-state index is 0.114. The summed E-state index contributed by atoms with van der Waals surface area (Å²) in [5.74, 6) is 0. The Morgan fingerprint density at radius 2 is 2.29 bits per heavy atom. The number of aliphatic hydroxyl groups is 1. The highest BCUT2D eigenvalue weighted by Gasteiger charge is 2.01. The Bertz CT molecular complexity index is 462. The molecule has 0 unspecified atom stereocenters. The minimum Gasteiger partial charge on any atom is -0.394 e. The maximum atomic E-state index is 8.77. The third-order valence-corrected chi connectivity index (χ3v) is 2.59. The summed E-state index contributed by atoms with van der Waals surface area (Å²) in [7, 11) is 0. The lowest BCUT2D eigenvalue weighted by molar-refractivity contribution is 0.269. The average Bonchev–Trinajstić information content (AvgIpc) is 2.90. The number of aryl methyl sites for hydroxylation is 1. The average molecular weight is 235 g/mol. The smallest absolute Gasteiger partial charge is 0.0640 e. The molecule has 2 aromatic heterocycles. The predicted molar refractivity (Wildman–Crippen MR) is 63.2 cm³/mol. The number of aromatic nitrogens is 4. The third kappa shape index (κ3) is 3.15. The van der Waals surface area contributed by atoms with Gasteiger partial charge >= 0.3 is 0 Å². The Kier molecular flexibility index (Phi) is 3.89. The second kappa shape index (κ2) is 5.60. The Hall–Kier alpha value is -1.66. The molecule has 3 N–H and O–H groups in total. The van der Waals surface area contributed by atoms with E-state index in [4.69, 9.17) is 5.11 Å². The molecule has 0 aliphatic heterocycles. The summed E-state index contributed by atoms with van der Waals surface area (Å²) in [5.41, 5.74) is 3.38. The Morgan fingerprint density at radius 1 is 1.41 bits per heavy atom. The number of H-pyrrole nitrogens is 1. The number of nitrogens with one attached hydrogen (secondary N) is 2. The van der Waals surface area contributed by atoms with E-state index in [9.17, 15) is 0 Å². The van der Waals surface area contributed by atoms with E-state index in [0.29, 0.717) is 6.54 Å². The van der Waals surface area contributed by atoms with Gasteiger partial charge in [-0.25, -0.2) is 0 Å². The summed E-state index contributed by atoms with van der Waals surface area (Å²) in [5, 5.41) is 23.1. The normalized spacial score (nSPS) is 10.9. The van der Waals surface area contributed by atoms with Crippen molar-refractivity contribution in [3.63, 3.8) is 0 Å². The SMILES string of the molecule is Cc1[nH]ncc1CNCc1cnn(CCO)c1. The van der Waals surface area contributed by atoms with E-state index in [0.717, 1.165) is 24.3 Å².